The van der Waals surface area contributed by atoms with Crippen LogP contribution in [-0.4, -0.2) is 49.3 Å². The first-order valence-corrected chi connectivity index (χ1v) is 9.52. The van der Waals surface area contributed by atoms with Gasteiger partial charge in [-0.1, -0.05) is 12.1 Å². The van der Waals surface area contributed by atoms with Crippen LogP contribution < -0.4 is 0 Å². The molecule has 1 aromatic carbocycles. The Bertz CT molecular complexity index is 788. The van der Waals surface area contributed by atoms with Crippen molar-refractivity contribution in [2.45, 2.75) is 50.7 Å². The minimum atomic E-state index is -0.205. The third kappa shape index (κ3) is 3.14. The Labute approximate surface area is 154 Å². The van der Waals surface area contributed by atoms with Crippen molar-refractivity contribution in [3.05, 3.63) is 35.6 Å². The predicted molar refractivity (Wildman–Crippen MR) is 99.2 cm³/mol. The SMILES string of the molecule is COC1CCCOC12CCN(C(=O)Cc1coc3cc(C)ccc13)CC2. The van der Waals surface area contributed by atoms with Gasteiger partial charge in [-0.05, 0) is 44.2 Å². The van der Waals surface area contributed by atoms with Gasteiger partial charge in [-0.25, -0.2) is 0 Å². The highest BCUT2D eigenvalue weighted by atomic mass is 16.5. The Morgan fingerprint density at radius 3 is 2.92 bits per heavy atom. The lowest BCUT2D eigenvalue weighted by atomic mass is 9.81. The molecule has 0 saturated carbocycles. The van der Waals surface area contributed by atoms with Crippen LogP contribution in [0, 0.1) is 6.92 Å². The zero-order chi connectivity index (χ0) is 18.1. The number of hydrogen-bond acceptors (Lipinski definition) is 4. The number of piperidine rings is 1. The van der Waals surface area contributed by atoms with Gasteiger partial charge in [0, 0.05) is 37.8 Å². The number of furan rings is 1. The molecule has 0 radical (unpaired) electrons. The number of amides is 1. The maximum Gasteiger partial charge on any atom is 0.227 e. The van der Waals surface area contributed by atoms with Crippen molar-refractivity contribution in [1.82, 2.24) is 4.90 Å². The normalized spacial score (nSPS) is 22.8. The molecule has 5 heteroatoms. The standard InChI is InChI=1S/C21H27NO4/c1-15-5-6-17-16(14-25-18(17)12-15)13-20(23)22-9-7-21(8-10-22)19(24-2)4-3-11-26-21/h5-6,12,14,19H,3-4,7-11,13H2,1-2H3. The van der Waals surface area contributed by atoms with Gasteiger partial charge in [0.1, 0.15) is 5.58 Å². The third-order valence-electron chi connectivity index (χ3n) is 5.99. The van der Waals surface area contributed by atoms with Gasteiger partial charge in [0.25, 0.3) is 0 Å². The van der Waals surface area contributed by atoms with Crippen LogP contribution in [0.2, 0.25) is 0 Å². The quantitative estimate of drug-likeness (QED) is 0.844. The van der Waals surface area contributed by atoms with E-state index in [1.165, 1.54) is 0 Å². The maximum atomic E-state index is 12.8. The van der Waals surface area contributed by atoms with E-state index < -0.39 is 0 Å². The zero-order valence-corrected chi connectivity index (χ0v) is 15.6. The number of fused-ring (bicyclic) bond motifs is 1. The van der Waals surface area contributed by atoms with Crippen LogP contribution in [0.1, 0.15) is 36.8 Å². The van der Waals surface area contributed by atoms with Crippen molar-refractivity contribution in [2.75, 3.05) is 26.8 Å². The van der Waals surface area contributed by atoms with Crippen LogP contribution in [0.5, 0.6) is 0 Å². The van der Waals surface area contributed by atoms with Gasteiger partial charge in [-0.15, -0.1) is 0 Å². The lowest BCUT2D eigenvalue weighted by molar-refractivity contribution is -0.188. The molecular formula is C21H27NO4. The summed E-state index contributed by atoms with van der Waals surface area (Å²) < 4.78 is 17.4. The van der Waals surface area contributed by atoms with E-state index in [9.17, 15) is 4.79 Å². The highest BCUT2D eigenvalue weighted by Crippen LogP contribution is 2.37. The van der Waals surface area contributed by atoms with Gasteiger partial charge in [-0.3, -0.25) is 4.79 Å². The van der Waals surface area contributed by atoms with E-state index in [0.29, 0.717) is 6.42 Å². The second-order valence-corrected chi connectivity index (χ2v) is 7.60. The topological polar surface area (TPSA) is 51.9 Å². The minimum Gasteiger partial charge on any atom is -0.464 e. The second kappa shape index (κ2) is 7.05. The fourth-order valence-electron chi connectivity index (χ4n) is 4.44. The predicted octanol–water partition coefficient (Wildman–Crippen LogP) is 3.47. The summed E-state index contributed by atoms with van der Waals surface area (Å²) in [6.45, 7) is 4.30. The van der Waals surface area contributed by atoms with Crippen LogP contribution in [0.4, 0.5) is 0 Å². The molecule has 2 aliphatic rings. The maximum absolute atomic E-state index is 12.8. The molecule has 1 amide bonds. The molecule has 3 heterocycles. The van der Waals surface area contributed by atoms with E-state index >= 15 is 0 Å². The van der Waals surface area contributed by atoms with Crippen molar-refractivity contribution in [1.29, 1.82) is 0 Å². The Kier molecular flexibility index (Phi) is 4.76. The summed E-state index contributed by atoms with van der Waals surface area (Å²) in [4.78, 5) is 14.8. The zero-order valence-electron chi connectivity index (χ0n) is 15.6. The molecule has 0 aliphatic carbocycles. The van der Waals surface area contributed by atoms with Crippen LogP contribution in [0.3, 0.4) is 0 Å². The number of likely N-dealkylation sites (tertiary alicyclic amines) is 1. The molecule has 26 heavy (non-hydrogen) atoms. The number of rotatable bonds is 3. The molecule has 2 saturated heterocycles. The van der Waals surface area contributed by atoms with Crippen molar-refractivity contribution < 1.29 is 18.7 Å². The van der Waals surface area contributed by atoms with Gasteiger partial charge < -0.3 is 18.8 Å². The molecule has 0 N–H and O–H groups in total. The largest absolute Gasteiger partial charge is 0.464 e. The highest BCUT2D eigenvalue weighted by molar-refractivity contribution is 5.88. The Morgan fingerprint density at radius 2 is 2.15 bits per heavy atom. The van der Waals surface area contributed by atoms with Gasteiger partial charge >= 0.3 is 0 Å². The lowest BCUT2D eigenvalue weighted by Gasteiger charge is -2.48. The second-order valence-electron chi connectivity index (χ2n) is 7.60. The molecule has 1 atom stereocenters. The highest BCUT2D eigenvalue weighted by Gasteiger charge is 2.45. The van der Waals surface area contributed by atoms with E-state index in [0.717, 1.165) is 67.5 Å². The van der Waals surface area contributed by atoms with Crippen molar-refractivity contribution in [3.8, 4) is 0 Å². The summed E-state index contributed by atoms with van der Waals surface area (Å²) in [5.41, 5.74) is 2.77. The van der Waals surface area contributed by atoms with Crippen LogP contribution >= 0.6 is 0 Å². The summed E-state index contributed by atoms with van der Waals surface area (Å²) in [7, 11) is 1.77. The van der Waals surface area contributed by atoms with Crippen LogP contribution in [-0.2, 0) is 20.7 Å². The summed E-state index contributed by atoms with van der Waals surface area (Å²) >= 11 is 0. The first-order valence-electron chi connectivity index (χ1n) is 9.52. The summed E-state index contributed by atoms with van der Waals surface area (Å²) in [6.07, 6.45) is 6.05. The average molecular weight is 357 g/mol. The number of carbonyl (C=O) groups is 1. The summed E-state index contributed by atoms with van der Waals surface area (Å²) in [5, 5.41) is 1.03. The van der Waals surface area contributed by atoms with Gasteiger partial charge in [0.15, 0.2) is 0 Å². The molecule has 1 aromatic heterocycles. The number of methoxy groups -OCH3 is 1. The van der Waals surface area contributed by atoms with Gasteiger partial charge in [0.2, 0.25) is 5.91 Å². The van der Waals surface area contributed by atoms with Gasteiger partial charge in [-0.2, -0.15) is 0 Å². The number of benzene rings is 1. The number of carbonyl (C=O) groups excluding carboxylic acids is 1. The molecule has 5 nitrogen and oxygen atoms in total. The monoisotopic (exact) mass is 357 g/mol. The molecule has 1 spiro atoms. The number of ether oxygens (including phenoxy) is 2. The van der Waals surface area contributed by atoms with E-state index in [2.05, 4.69) is 6.07 Å². The van der Waals surface area contributed by atoms with E-state index in [-0.39, 0.29) is 17.6 Å². The van der Waals surface area contributed by atoms with E-state index in [1.807, 2.05) is 24.0 Å². The molecule has 2 fully saturated rings. The fraction of sp³-hybridized carbons (Fsp3) is 0.571. The minimum absolute atomic E-state index is 0.148. The molecular weight excluding hydrogens is 330 g/mol. The third-order valence-corrected chi connectivity index (χ3v) is 5.99. The molecule has 1 unspecified atom stereocenters. The van der Waals surface area contributed by atoms with E-state index in [4.69, 9.17) is 13.9 Å². The van der Waals surface area contributed by atoms with Crippen LogP contribution in [0.25, 0.3) is 11.0 Å². The van der Waals surface area contributed by atoms with Crippen molar-refractivity contribution in [3.63, 3.8) is 0 Å². The first-order chi connectivity index (χ1) is 12.6. The van der Waals surface area contributed by atoms with Crippen molar-refractivity contribution >= 4 is 16.9 Å². The van der Waals surface area contributed by atoms with Gasteiger partial charge in [0.05, 0.1) is 24.4 Å². The van der Waals surface area contributed by atoms with Crippen molar-refractivity contribution in [2.24, 2.45) is 0 Å². The Hall–Kier alpha value is -1.85. The molecule has 0 bridgehead atoms. The van der Waals surface area contributed by atoms with Crippen LogP contribution in [0.15, 0.2) is 28.9 Å². The first kappa shape index (κ1) is 17.6. The molecule has 2 aliphatic heterocycles. The van der Waals surface area contributed by atoms with E-state index in [1.54, 1.807) is 13.4 Å². The Morgan fingerprint density at radius 1 is 1.35 bits per heavy atom. The number of nitrogens with zero attached hydrogens (tertiary/aromatic N) is 1. The lowest BCUT2D eigenvalue weighted by Crippen LogP contribution is -2.56. The average Bonchev–Trinajstić information content (AvgIpc) is 3.04. The molecule has 4 rings (SSSR count). The fourth-order valence-corrected chi connectivity index (χ4v) is 4.44. The number of aryl methyl sites for hydroxylation is 1. The Balaban J connectivity index is 1.42. The summed E-state index contributed by atoms with van der Waals surface area (Å²) in [5.74, 6) is 0.160. The number of hydrogen-bond donors (Lipinski definition) is 0. The molecule has 140 valence electrons. The smallest absolute Gasteiger partial charge is 0.227 e. The summed E-state index contributed by atoms with van der Waals surface area (Å²) in [6, 6.07) is 6.11. The molecule has 2 aromatic rings.